The molecule has 7 nitrogen and oxygen atoms in total. The number of amides is 1. The number of hydrogen-bond donors (Lipinski definition) is 3. The average Bonchev–Trinajstić information content (AvgIpc) is 3.35. The van der Waals surface area contributed by atoms with Gasteiger partial charge in [-0.3, -0.25) is 15.0 Å². The first-order chi connectivity index (χ1) is 11.8. The molecule has 0 aliphatic carbocycles. The number of carbonyl (C=O) groups is 1. The molecule has 0 atom stereocenters. The van der Waals surface area contributed by atoms with Crippen LogP contribution in [0.5, 0.6) is 0 Å². The summed E-state index contributed by atoms with van der Waals surface area (Å²) >= 11 is 0. The predicted octanol–water partition coefficient (Wildman–Crippen LogP) is 3.31. The Kier molecular flexibility index (Phi) is 3.43. The predicted molar refractivity (Wildman–Crippen MR) is 88.3 cm³/mol. The highest BCUT2D eigenvalue weighted by Crippen LogP contribution is 2.24. The second-order valence-electron chi connectivity index (χ2n) is 5.19. The molecule has 7 heteroatoms. The van der Waals surface area contributed by atoms with E-state index in [1.165, 1.54) is 6.20 Å². The van der Waals surface area contributed by atoms with E-state index in [1.807, 2.05) is 24.3 Å². The number of aromatic amines is 2. The maximum atomic E-state index is 12.6. The standard InChI is InChI=1S/C17H13N5O2/c23-17(15-9-20-22-16(15)12-4-5-24-10-12)21-14-3-1-2-11(6-14)13-7-18-19-8-13/h1-10H,(H,18,19)(H,20,22)(H,21,23). The molecule has 24 heavy (non-hydrogen) atoms. The summed E-state index contributed by atoms with van der Waals surface area (Å²) in [5, 5.41) is 16.4. The van der Waals surface area contributed by atoms with E-state index < -0.39 is 0 Å². The SMILES string of the molecule is O=C(Nc1cccc(-c2cn[nH]c2)c1)c1cn[nH]c1-c1ccoc1. The second kappa shape index (κ2) is 5.88. The highest BCUT2D eigenvalue weighted by molar-refractivity contribution is 6.08. The minimum atomic E-state index is -0.246. The molecule has 1 amide bonds. The third-order valence-electron chi connectivity index (χ3n) is 3.65. The minimum absolute atomic E-state index is 0.246. The first-order valence-electron chi connectivity index (χ1n) is 7.28. The zero-order chi connectivity index (χ0) is 16.4. The van der Waals surface area contributed by atoms with Gasteiger partial charge in [0.15, 0.2) is 0 Å². The van der Waals surface area contributed by atoms with Gasteiger partial charge >= 0.3 is 0 Å². The third-order valence-corrected chi connectivity index (χ3v) is 3.65. The summed E-state index contributed by atoms with van der Waals surface area (Å²) in [5.74, 6) is -0.246. The lowest BCUT2D eigenvalue weighted by Crippen LogP contribution is -2.12. The van der Waals surface area contributed by atoms with Crippen LogP contribution >= 0.6 is 0 Å². The van der Waals surface area contributed by atoms with E-state index in [0.717, 1.165) is 16.7 Å². The zero-order valence-electron chi connectivity index (χ0n) is 12.5. The fourth-order valence-electron chi connectivity index (χ4n) is 2.47. The van der Waals surface area contributed by atoms with Gasteiger partial charge in [-0.05, 0) is 23.8 Å². The van der Waals surface area contributed by atoms with Crippen molar-refractivity contribution in [3.05, 3.63) is 67.0 Å². The van der Waals surface area contributed by atoms with Gasteiger partial charge in [0.25, 0.3) is 5.91 Å². The van der Waals surface area contributed by atoms with Gasteiger partial charge in [-0.15, -0.1) is 0 Å². The van der Waals surface area contributed by atoms with Crippen LogP contribution in [-0.2, 0) is 0 Å². The number of anilines is 1. The molecule has 1 aromatic carbocycles. The second-order valence-corrected chi connectivity index (χ2v) is 5.19. The van der Waals surface area contributed by atoms with Crippen molar-refractivity contribution in [3.8, 4) is 22.4 Å². The molecular weight excluding hydrogens is 306 g/mol. The molecule has 118 valence electrons. The van der Waals surface area contributed by atoms with E-state index >= 15 is 0 Å². The van der Waals surface area contributed by atoms with E-state index in [1.54, 1.807) is 31.0 Å². The number of carbonyl (C=O) groups excluding carboxylic acids is 1. The number of furan rings is 1. The first-order valence-corrected chi connectivity index (χ1v) is 7.28. The van der Waals surface area contributed by atoms with Crippen molar-refractivity contribution in [2.75, 3.05) is 5.32 Å². The van der Waals surface area contributed by atoms with Crippen LogP contribution in [0.3, 0.4) is 0 Å². The monoisotopic (exact) mass is 319 g/mol. The number of aromatic nitrogens is 4. The number of benzene rings is 1. The maximum absolute atomic E-state index is 12.6. The number of nitrogens with one attached hydrogen (secondary N) is 3. The van der Waals surface area contributed by atoms with E-state index in [-0.39, 0.29) is 5.91 Å². The molecule has 0 bridgehead atoms. The topological polar surface area (TPSA) is 99.6 Å². The largest absolute Gasteiger partial charge is 0.472 e. The van der Waals surface area contributed by atoms with Crippen molar-refractivity contribution < 1.29 is 9.21 Å². The lowest BCUT2D eigenvalue weighted by atomic mass is 10.1. The Balaban J connectivity index is 1.60. The highest BCUT2D eigenvalue weighted by atomic mass is 16.3. The third kappa shape index (κ3) is 2.58. The normalized spacial score (nSPS) is 10.7. The minimum Gasteiger partial charge on any atom is -0.472 e. The number of H-pyrrole nitrogens is 2. The first kappa shape index (κ1) is 14.0. The Bertz CT molecular complexity index is 955. The smallest absolute Gasteiger partial charge is 0.259 e. The van der Waals surface area contributed by atoms with E-state index in [4.69, 9.17) is 4.42 Å². The summed E-state index contributed by atoms with van der Waals surface area (Å²) in [6, 6.07) is 9.32. The number of nitrogens with zero attached hydrogens (tertiary/aromatic N) is 2. The molecule has 0 saturated heterocycles. The summed E-state index contributed by atoms with van der Waals surface area (Å²) in [6.07, 6.45) is 8.13. The number of hydrogen-bond acceptors (Lipinski definition) is 4. The Morgan fingerprint density at radius 3 is 2.83 bits per heavy atom. The van der Waals surface area contributed by atoms with Crippen LogP contribution in [0.4, 0.5) is 5.69 Å². The van der Waals surface area contributed by atoms with Crippen molar-refractivity contribution in [1.29, 1.82) is 0 Å². The highest BCUT2D eigenvalue weighted by Gasteiger charge is 2.16. The molecule has 0 radical (unpaired) electrons. The van der Waals surface area contributed by atoms with Crippen LogP contribution in [0, 0.1) is 0 Å². The molecular formula is C17H13N5O2. The van der Waals surface area contributed by atoms with Gasteiger partial charge in [-0.1, -0.05) is 12.1 Å². The van der Waals surface area contributed by atoms with Crippen molar-refractivity contribution in [1.82, 2.24) is 20.4 Å². The Morgan fingerprint density at radius 2 is 2.04 bits per heavy atom. The quantitative estimate of drug-likeness (QED) is 0.537. The van der Waals surface area contributed by atoms with Gasteiger partial charge in [0, 0.05) is 23.0 Å². The zero-order valence-corrected chi connectivity index (χ0v) is 12.5. The molecule has 4 rings (SSSR count). The van der Waals surface area contributed by atoms with Gasteiger partial charge < -0.3 is 9.73 Å². The van der Waals surface area contributed by atoms with Crippen molar-refractivity contribution in [2.24, 2.45) is 0 Å². The Morgan fingerprint density at radius 1 is 1.08 bits per heavy atom. The Labute approximate surface area is 136 Å². The molecule has 3 aromatic heterocycles. The van der Waals surface area contributed by atoms with Crippen LogP contribution in [0.15, 0.2) is 65.9 Å². The van der Waals surface area contributed by atoms with Crippen LogP contribution in [0.1, 0.15) is 10.4 Å². The maximum Gasteiger partial charge on any atom is 0.259 e. The molecule has 3 heterocycles. The van der Waals surface area contributed by atoms with Crippen LogP contribution in [-0.4, -0.2) is 26.3 Å². The molecule has 0 unspecified atom stereocenters. The van der Waals surface area contributed by atoms with E-state index in [9.17, 15) is 4.79 Å². The van der Waals surface area contributed by atoms with Crippen LogP contribution in [0.25, 0.3) is 22.4 Å². The van der Waals surface area contributed by atoms with Gasteiger partial charge in [0.1, 0.15) is 0 Å². The van der Waals surface area contributed by atoms with E-state index in [2.05, 4.69) is 25.7 Å². The fraction of sp³-hybridized carbons (Fsp3) is 0. The molecule has 0 saturated carbocycles. The molecule has 3 N–H and O–H groups in total. The van der Waals surface area contributed by atoms with Crippen LogP contribution in [0.2, 0.25) is 0 Å². The summed E-state index contributed by atoms with van der Waals surface area (Å²) in [5.41, 5.74) is 4.44. The molecule has 0 aliphatic rings. The summed E-state index contributed by atoms with van der Waals surface area (Å²) < 4.78 is 5.06. The Hall–Kier alpha value is -3.61. The van der Waals surface area contributed by atoms with Crippen LogP contribution < -0.4 is 5.32 Å². The lowest BCUT2D eigenvalue weighted by molar-refractivity contribution is 0.102. The number of rotatable bonds is 4. The fourth-order valence-corrected chi connectivity index (χ4v) is 2.47. The molecule has 0 aliphatic heterocycles. The van der Waals surface area contributed by atoms with Crippen molar-refractivity contribution in [2.45, 2.75) is 0 Å². The van der Waals surface area contributed by atoms with Gasteiger partial charge in [-0.25, -0.2) is 0 Å². The van der Waals surface area contributed by atoms with E-state index in [0.29, 0.717) is 16.9 Å². The summed E-state index contributed by atoms with van der Waals surface area (Å²) in [7, 11) is 0. The van der Waals surface area contributed by atoms with Crippen molar-refractivity contribution >= 4 is 11.6 Å². The van der Waals surface area contributed by atoms with Gasteiger partial charge in [0.2, 0.25) is 0 Å². The molecule has 4 aromatic rings. The van der Waals surface area contributed by atoms with Gasteiger partial charge in [-0.2, -0.15) is 10.2 Å². The molecule has 0 fully saturated rings. The van der Waals surface area contributed by atoms with Gasteiger partial charge in [0.05, 0.1) is 36.2 Å². The lowest BCUT2D eigenvalue weighted by Gasteiger charge is -2.06. The van der Waals surface area contributed by atoms with Crippen molar-refractivity contribution in [3.63, 3.8) is 0 Å². The summed E-state index contributed by atoms with van der Waals surface area (Å²) in [4.78, 5) is 12.6. The average molecular weight is 319 g/mol. The molecule has 0 spiro atoms. The summed E-state index contributed by atoms with van der Waals surface area (Å²) in [6.45, 7) is 0.